The lowest BCUT2D eigenvalue weighted by Gasteiger charge is -2.24. The van der Waals surface area contributed by atoms with Crippen LogP contribution in [-0.4, -0.2) is 119 Å². The van der Waals surface area contributed by atoms with Gasteiger partial charge in [-0.2, -0.15) is 5.10 Å². The Morgan fingerprint density at radius 2 is 1.58 bits per heavy atom. The molecule has 1 aromatic carbocycles. The average Bonchev–Trinajstić information content (AvgIpc) is 3.83. The first kappa shape index (κ1) is 45.9. The number of hydrogen-bond acceptors (Lipinski definition) is 16. The summed E-state index contributed by atoms with van der Waals surface area (Å²) < 4.78 is 18.2. The van der Waals surface area contributed by atoms with Crippen molar-refractivity contribution in [3.63, 3.8) is 0 Å². The van der Waals surface area contributed by atoms with Crippen LogP contribution in [0.15, 0.2) is 77.8 Å². The number of imide groups is 1. The molecule has 1 saturated carbocycles. The van der Waals surface area contributed by atoms with Crippen LogP contribution >= 0.6 is 0 Å². The number of rotatable bonds is 20. The number of carbonyl (C=O) groups is 5. The Bertz CT molecular complexity index is 2430. The molecule has 7 rings (SSSR count). The van der Waals surface area contributed by atoms with Crippen molar-refractivity contribution in [2.75, 3.05) is 74.7 Å². The molecule has 1 aliphatic carbocycles. The van der Waals surface area contributed by atoms with Crippen molar-refractivity contribution in [2.45, 2.75) is 44.8 Å². The van der Waals surface area contributed by atoms with Gasteiger partial charge in [0.05, 0.1) is 44.0 Å². The largest absolute Gasteiger partial charge is 0.444 e. The smallest absolute Gasteiger partial charge is 0.277 e. The third kappa shape index (κ3) is 13.5. The zero-order valence-electron chi connectivity index (χ0n) is 35.7. The van der Waals surface area contributed by atoms with Gasteiger partial charge in [-0.15, -0.1) is 0 Å². The molecule has 2 aliphatic rings. The van der Waals surface area contributed by atoms with Crippen LogP contribution in [0.5, 0.6) is 0 Å². The number of ether oxygens (including phenoxy) is 2. The molecule has 0 bridgehead atoms. The lowest BCUT2D eigenvalue weighted by Crippen LogP contribution is -2.36. The molecule has 5 heterocycles. The Morgan fingerprint density at radius 3 is 2.32 bits per heavy atom. The molecule has 65 heavy (non-hydrogen) atoms. The van der Waals surface area contributed by atoms with E-state index in [0.29, 0.717) is 59.4 Å². The molecule has 21 nitrogen and oxygen atoms in total. The van der Waals surface area contributed by atoms with E-state index in [4.69, 9.17) is 19.6 Å². The van der Waals surface area contributed by atoms with Crippen LogP contribution in [0.1, 0.15) is 81.7 Å². The van der Waals surface area contributed by atoms with E-state index in [1.165, 1.54) is 30.0 Å². The van der Waals surface area contributed by atoms with Gasteiger partial charge in [0.1, 0.15) is 29.8 Å². The second-order valence-corrected chi connectivity index (χ2v) is 15.4. The maximum Gasteiger partial charge on any atom is 0.277 e. The Kier molecular flexibility index (Phi) is 15.9. The highest BCUT2D eigenvalue weighted by Gasteiger charge is 2.23. The maximum atomic E-state index is 13.2. The summed E-state index contributed by atoms with van der Waals surface area (Å²) >= 11 is 0. The topological polar surface area (TPSA) is 283 Å². The maximum absolute atomic E-state index is 13.2. The molecule has 5 amide bonds. The number of nitrogens with one attached hydrogen (secondary N) is 5. The van der Waals surface area contributed by atoms with Crippen LogP contribution in [0.4, 0.5) is 17.3 Å². The normalized spacial score (nSPS) is 14.9. The van der Waals surface area contributed by atoms with Crippen molar-refractivity contribution in [3.8, 4) is 17.1 Å². The average molecular weight is 893 g/mol. The van der Waals surface area contributed by atoms with Gasteiger partial charge in [0.15, 0.2) is 5.69 Å². The highest BCUT2D eigenvalue weighted by atomic mass is 16.5. The van der Waals surface area contributed by atoms with Crippen LogP contribution in [0.3, 0.4) is 0 Å². The molecule has 2 fully saturated rings. The van der Waals surface area contributed by atoms with Crippen molar-refractivity contribution >= 4 is 46.9 Å². The lowest BCUT2D eigenvalue weighted by molar-refractivity contribution is -0.130. The number of aliphatic hydroxyl groups is 1. The zero-order chi connectivity index (χ0) is 45.5. The molecule has 0 spiro atoms. The van der Waals surface area contributed by atoms with Crippen LogP contribution in [0.2, 0.25) is 0 Å². The Balaban J connectivity index is 0.788. The Hall–Kier alpha value is -7.07. The second kappa shape index (κ2) is 22.5. The van der Waals surface area contributed by atoms with Gasteiger partial charge in [-0.1, -0.05) is 0 Å². The van der Waals surface area contributed by atoms with E-state index in [1.54, 1.807) is 60.9 Å². The van der Waals surface area contributed by atoms with Gasteiger partial charge in [0, 0.05) is 74.6 Å². The monoisotopic (exact) mass is 892 g/mol. The number of benzene rings is 1. The first-order chi connectivity index (χ1) is 31.6. The molecule has 342 valence electrons. The van der Waals surface area contributed by atoms with E-state index in [0.717, 1.165) is 13.0 Å². The molecule has 1 atom stereocenters. The van der Waals surface area contributed by atoms with Gasteiger partial charge in [0.25, 0.3) is 17.7 Å². The molecule has 1 aliphatic heterocycles. The number of aromatic nitrogens is 5. The molecular formula is C44H52N12O9. The van der Waals surface area contributed by atoms with Crippen molar-refractivity contribution in [1.82, 2.24) is 40.7 Å². The van der Waals surface area contributed by atoms with Gasteiger partial charge in [0.2, 0.25) is 17.7 Å². The fraction of sp³-hybridized carbons (Fsp3) is 0.386. The summed E-state index contributed by atoms with van der Waals surface area (Å²) in [6.45, 7) is 3.44. The fourth-order valence-corrected chi connectivity index (χ4v) is 6.71. The van der Waals surface area contributed by atoms with Gasteiger partial charge in [-0.3, -0.25) is 29.3 Å². The van der Waals surface area contributed by atoms with Crippen molar-refractivity contribution in [2.24, 2.45) is 11.7 Å². The number of amides is 5. The standard InChI is InChI=1S/C44H52N12O9/c45-40(59)39-33(51-43(62)34-27-65-44(52-34)31-11-13-46-35(23-31)50-25-28-4-5-28)26-56(54-39)32-8-6-29(7-9-32)41(60)48-15-19-63-21-22-64-20-16-49-42(61)30-10-14-47-36(24-30)55-17-2-1-3-37(57)53-38(58)12-18-55/h6-11,13-14,23-24,26-28,40,59H,1-5,12,15-22,25,45H2,(H,46,50)(H,48,60)(H,49,61)(H,51,62)(H,53,57,58). The summed E-state index contributed by atoms with van der Waals surface area (Å²) in [5.41, 5.74) is 7.96. The predicted octanol–water partition coefficient (Wildman–Crippen LogP) is 2.56. The second-order valence-electron chi connectivity index (χ2n) is 15.4. The van der Waals surface area contributed by atoms with E-state index in [9.17, 15) is 29.1 Å². The minimum atomic E-state index is -1.50. The number of hydrogen-bond donors (Lipinski definition) is 7. The highest BCUT2D eigenvalue weighted by molar-refractivity contribution is 6.03. The van der Waals surface area contributed by atoms with Crippen LogP contribution in [0, 0.1) is 5.92 Å². The van der Waals surface area contributed by atoms with E-state index in [1.807, 2.05) is 4.90 Å². The quantitative estimate of drug-likeness (QED) is 0.0336. The van der Waals surface area contributed by atoms with Gasteiger partial charge in [-0.05, 0) is 80.1 Å². The third-order valence-electron chi connectivity index (χ3n) is 10.4. The number of anilines is 3. The minimum Gasteiger partial charge on any atom is -0.444 e. The number of aliphatic hydroxyl groups excluding tert-OH is 1. The first-order valence-electron chi connectivity index (χ1n) is 21.5. The minimum absolute atomic E-state index is 0.00634. The Morgan fingerprint density at radius 1 is 0.862 bits per heavy atom. The van der Waals surface area contributed by atoms with E-state index in [-0.39, 0.29) is 99.0 Å². The third-order valence-corrected chi connectivity index (χ3v) is 10.4. The van der Waals surface area contributed by atoms with E-state index >= 15 is 0 Å². The van der Waals surface area contributed by atoms with Crippen molar-refractivity contribution < 1.29 is 43.0 Å². The summed E-state index contributed by atoms with van der Waals surface area (Å²) in [5, 5.41) is 28.6. The molecule has 1 unspecified atom stereocenters. The van der Waals surface area contributed by atoms with Crippen LogP contribution < -0.4 is 37.2 Å². The number of carbonyl (C=O) groups excluding carboxylic acids is 5. The molecule has 0 radical (unpaired) electrons. The van der Waals surface area contributed by atoms with Gasteiger partial charge in [-0.25, -0.2) is 19.6 Å². The number of pyridine rings is 2. The molecule has 21 heteroatoms. The summed E-state index contributed by atoms with van der Waals surface area (Å²) in [7, 11) is 0. The highest BCUT2D eigenvalue weighted by Crippen LogP contribution is 2.29. The van der Waals surface area contributed by atoms with E-state index < -0.39 is 12.1 Å². The number of nitrogens with two attached hydrogens (primary N) is 1. The molecule has 8 N–H and O–H groups in total. The number of oxazole rings is 1. The van der Waals surface area contributed by atoms with Crippen LogP contribution in [0.25, 0.3) is 17.1 Å². The lowest BCUT2D eigenvalue weighted by atomic mass is 10.1. The Labute approximate surface area is 373 Å². The molecule has 4 aromatic heterocycles. The SMILES string of the molecule is NC(O)c1nn(-c2ccc(C(=O)NCCOCCOCCNC(=O)c3ccnc(N4CCCCC(=O)NC(=O)CC4)c3)cc2)cc1NC(=O)c1coc(-c2ccnc(NCC3CC3)c2)n1. The first-order valence-corrected chi connectivity index (χ1v) is 21.5. The van der Waals surface area contributed by atoms with Gasteiger partial charge >= 0.3 is 0 Å². The predicted molar refractivity (Wildman–Crippen MR) is 236 cm³/mol. The number of nitrogens with zero attached hydrogens (tertiary/aromatic N) is 6. The summed E-state index contributed by atoms with van der Waals surface area (Å²) in [5.74, 6) is 0.394. The summed E-state index contributed by atoms with van der Waals surface area (Å²) in [6.07, 6.45) is 8.67. The van der Waals surface area contributed by atoms with Crippen LogP contribution in [-0.2, 0) is 19.1 Å². The van der Waals surface area contributed by atoms with Crippen molar-refractivity contribution in [1.29, 1.82) is 0 Å². The molecule has 5 aromatic rings. The van der Waals surface area contributed by atoms with E-state index in [2.05, 4.69) is 46.6 Å². The molecule has 1 saturated heterocycles. The fourth-order valence-electron chi connectivity index (χ4n) is 6.71. The molecular weight excluding hydrogens is 841 g/mol. The summed E-state index contributed by atoms with van der Waals surface area (Å²) in [6, 6.07) is 13.4. The van der Waals surface area contributed by atoms with Gasteiger partial charge < -0.3 is 50.9 Å². The van der Waals surface area contributed by atoms with Crippen molar-refractivity contribution in [3.05, 3.63) is 95.9 Å². The zero-order valence-corrected chi connectivity index (χ0v) is 35.7. The summed E-state index contributed by atoms with van der Waals surface area (Å²) in [4.78, 5) is 77.6.